The molecule has 1 heterocycles. The molecule has 0 bridgehead atoms. The molecule has 1 atom stereocenters. The number of likely N-dealkylation sites (tertiary alicyclic amines) is 1. The topological polar surface area (TPSA) is 15.3 Å². The minimum absolute atomic E-state index is 0.0644. The van der Waals surface area contributed by atoms with E-state index >= 15 is 0 Å². The number of halogens is 3. The van der Waals surface area contributed by atoms with Gasteiger partial charge in [-0.3, -0.25) is 0 Å². The van der Waals surface area contributed by atoms with Gasteiger partial charge in [-0.1, -0.05) is 25.0 Å². The minimum atomic E-state index is -4.28. The van der Waals surface area contributed by atoms with Crippen molar-refractivity contribution in [2.45, 2.75) is 37.9 Å². The van der Waals surface area contributed by atoms with Gasteiger partial charge in [0.15, 0.2) is 0 Å². The van der Waals surface area contributed by atoms with Crippen LogP contribution in [0.2, 0.25) is 0 Å². The predicted octanol–water partition coefficient (Wildman–Crippen LogP) is 3.84. The van der Waals surface area contributed by atoms with Gasteiger partial charge < -0.3 is 10.2 Å². The number of nitrogens with one attached hydrogen (secondary N) is 1. The summed E-state index contributed by atoms with van der Waals surface area (Å²) in [5.41, 5.74) is 0.132. The van der Waals surface area contributed by atoms with Crippen LogP contribution in [0.4, 0.5) is 13.2 Å². The Balaban J connectivity index is 2.09. The molecule has 1 aromatic rings. The van der Waals surface area contributed by atoms with Crippen molar-refractivity contribution >= 4 is 0 Å². The van der Waals surface area contributed by atoms with Crippen LogP contribution in [0.1, 0.15) is 42.9 Å². The number of benzene rings is 1. The van der Waals surface area contributed by atoms with Crippen molar-refractivity contribution in [1.82, 2.24) is 10.2 Å². The highest BCUT2D eigenvalue weighted by atomic mass is 19.4. The van der Waals surface area contributed by atoms with E-state index in [1.54, 1.807) is 6.07 Å². The quantitative estimate of drug-likeness (QED) is 0.909. The van der Waals surface area contributed by atoms with Crippen LogP contribution in [0.25, 0.3) is 0 Å². The minimum Gasteiger partial charge on any atom is -0.312 e. The molecule has 2 rings (SSSR count). The third kappa shape index (κ3) is 4.71. The van der Waals surface area contributed by atoms with Gasteiger partial charge in [0.25, 0.3) is 0 Å². The van der Waals surface area contributed by atoms with Crippen LogP contribution in [0.3, 0.4) is 0 Å². The zero-order valence-corrected chi connectivity index (χ0v) is 12.4. The van der Waals surface area contributed by atoms with Crippen LogP contribution in [0, 0.1) is 0 Å². The number of rotatable bonds is 4. The second kappa shape index (κ2) is 7.27. The van der Waals surface area contributed by atoms with E-state index in [0.29, 0.717) is 5.56 Å². The second-order valence-corrected chi connectivity index (χ2v) is 5.68. The standard InChI is InChI=1S/C16H23F3N2/c1-20-15(12-21-9-4-2-3-5-10-21)13-7-6-8-14(11-13)16(17,18)19/h6-8,11,15,20H,2-5,9-10,12H2,1H3. The van der Waals surface area contributed by atoms with E-state index < -0.39 is 11.7 Å². The van der Waals surface area contributed by atoms with Crippen molar-refractivity contribution in [3.05, 3.63) is 35.4 Å². The molecule has 2 nitrogen and oxygen atoms in total. The Morgan fingerprint density at radius 1 is 1.14 bits per heavy atom. The summed E-state index contributed by atoms with van der Waals surface area (Å²) in [5.74, 6) is 0. The summed E-state index contributed by atoms with van der Waals surface area (Å²) in [5, 5.41) is 3.16. The Bertz CT molecular complexity index is 437. The van der Waals surface area contributed by atoms with E-state index in [0.717, 1.165) is 25.7 Å². The first-order valence-electron chi connectivity index (χ1n) is 7.57. The molecule has 0 saturated carbocycles. The normalized spacial score (nSPS) is 19.2. The SMILES string of the molecule is CNC(CN1CCCCCC1)c1cccc(C(F)(F)F)c1. The fourth-order valence-corrected chi connectivity index (χ4v) is 2.87. The summed E-state index contributed by atoms with van der Waals surface area (Å²) in [6.45, 7) is 2.84. The summed E-state index contributed by atoms with van der Waals surface area (Å²) in [6.07, 6.45) is 0.587. The highest BCUT2D eigenvalue weighted by Gasteiger charge is 2.31. The van der Waals surface area contributed by atoms with E-state index in [-0.39, 0.29) is 6.04 Å². The maximum absolute atomic E-state index is 12.8. The van der Waals surface area contributed by atoms with Crippen LogP contribution in [-0.2, 0) is 6.18 Å². The molecule has 0 amide bonds. The maximum Gasteiger partial charge on any atom is 0.416 e. The van der Waals surface area contributed by atoms with Gasteiger partial charge in [-0.2, -0.15) is 13.2 Å². The first-order chi connectivity index (χ1) is 10.0. The fourth-order valence-electron chi connectivity index (χ4n) is 2.87. The third-order valence-electron chi connectivity index (χ3n) is 4.10. The lowest BCUT2D eigenvalue weighted by Crippen LogP contribution is -2.34. The average molecular weight is 300 g/mol. The van der Waals surface area contributed by atoms with Crippen LogP contribution < -0.4 is 5.32 Å². The number of likely N-dealkylation sites (N-methyl/N-ethyl adjacent to an activating group) is 1. The van der Waals surface area contributed by atoms with Gasteiger partial charge in [0, 0.05) is 12.6 Å². The molecule has 0 radical (unpaired) electrons. The molecule has 1 N–H and O–H groups in total. The smallest absolute Gasteiger partial charge is 0.312 e. The first kappa shape index (κ1) is 16.3. The molecule has 0 aliphatic carbocycles. The molecule has 1 aliphatic rings. The van der Waals surface area contributed by atoms with Crippen molar-refractivity contribution < 1.29 is 13.2 Å². The van der Waals surface area contributed by atoms with Crippen LogP contribution in [0.15, 0.2) is 24.3 Å². The summed E-state index contributed by atoms with van der Waals surface area (Å²) in [4.78, 5) is 2.36. The van der Waals surface area contributed by atoms with Gasteiger partial charge >= 0.3 is 6.18 Å². The monoisotopic (exact) mass is 300 g/mol. The average Bonchev–Trinajstić information content (AvgIpc) is 2.72. The molecular weight excluding hydrogens is 277 g/mol. The molecule has 5 heteroatoms. The van der Waals surface area contributed by atoms with E-state index in [4.69, 9.17) is 0 Å². The van der Waals surface area contributed by atoms with Crippen LogP contribution in [0.5, 0.6) is 0 Å². The van der Waals surface area contributed by atoms with Gasteiger partial charge in [-0.05, 0) is 50.7 Å². The third-order valence-corrected chi connectivity index (χ3v) is 4.10. The number of nitrogens with zero attached hydrogens (tertiary/aromatic N) is 1. The van der Waals surface area contributed by atoms with Crippen molar-refractivity contribution in [2.75, 3.05) is 26.7 Å². The van der Waals surface area contributed by atoms with E-state index in [2.05, 4.69) is 10.2 Å². The van der Waals surface area contributed by atoms with Gasteiger partial charge in [0.05, 0.1) is 5.56 Å². The maximum atomic E-state index is 12.8. The highest BCUT2D eigenvalue weighted by molar-refractivity contribution is 5.28. The summed E-state index contributed by atoms with van der Waals surface area (Å²) in [6, 6.07) is 5.59. The van der Waals surface area contributed by atoms with E-state index in [1.165, 1.54) is 37.8 Å². The van der Waals surface area contributed by atoms with Crippen LogP contribution >= 0.6 is 0 Å². The molecule has 1 unspecified atom stereocenters. The van der Waals surface area contributed by atoms with Gasteiger partial charge in [-0.25, -0.2) is 0 Å². The van der Waals surface area contributed by atoms with Crippen molar-refractivity contribution in [3.8, 4) is 0 Å². The molecular formula is C16H23F3N2. The molecule has 21 heavy (non-hydrogen) atoms. The zero-order valence-electron chi connectivity index (χ0n) is 12.4. The Morgan fingerprint density at radius 2 is 1.81 bits per heavy atom. The van der Waals surface area contributed by atoms with Gasteiger partial charge in [0.2, 0.25) is 0 Å². The van der Waals surface area contributed by atoms with Crippen molar-refractivity contribution in [2.24, 2.45) is 0 Å². The molecule has 0 spiro atoms. The highest BCUT2D eigenvalue weighted by Crippen LogP contribution is 2.31. The van der Waals surface area contributed by atoms with E-state index in [9.17, 15) is 13.2 Å². The summed E-state index contributed by atoms with van der Waals surface area (Å²) < 4.78 is 38.5. The number of hydrogen-bond donors (Lipinski definition) is 1. The lowest BCUT2D eigenvalue weighted by molar-refractivity contribution is -0.137. The lowest BCUT2D eigenvalue weighted by atomic mass is 10.0. The predicted molar refractivity (Wildman–Crippen MR) is 78.2 cm³/mol. The van der Waals surface area contributed by atoms with Gasteiger partial charge in [0.1, 0.15) is 0 Å². The zero-order chi connectivity index (χ0) is 15.3. The number of alkyl halides is 3. The largest absolute Gasteiger partial charge is 0.416 e. The lowest BCUT2D eigenvalue weighted by Gasteiger charge is -2.26. The van der Waals surface area contributed by atoms with Crippen LogP contribution in [-0.4, -0.2) is 31.6 Å². The first-order valence-corrected chi connectivity index (χ1v) is 7.57. The van der Waals surface area contributed by atoms with Crippen molar-refractivity contribution in [1.29, 1.82) is 0 Å². The number of hydrogen-bond acceptors (Lipinski definition) is 2. The Hall–Kier alpha value is -1.07. The van der Waals surface area contributed by atoms with Gasteiger partial charge in [-0.15, -0.1) is 0 Å². The molecule has 1 aromatic carbocycles. The molecule has 0 aromatic heterocycles. The molecule has 1 aliphatic heterocycles. The Labute approximate surface area is 124 Å². The summed E-state index contributed by atoms with van der Waals surface area (Å²) >= 11 is 0. The second-order valence-electron chi connectivity index (χ2n) is 5.68. The van der Waals surface area contributed by atoms with E-state index in [1.807, 2.05) is 7.05 Å². The fraction of sp³-hybridized carbons (Fsp3) is 0.625. The molecule has 1 saturated heterocycles. The Kier molecular flexibility index (Phi) is 5.65. The molecule has 1 fully saturated rings. The van der Waals surface area contributed by atoms with Crippen molar-refractivity contribution in [3.63, 3.8) is 0 Å². The Morgan fingerprint density at radius 3 is 2.38 bits per heavy atom. The molecule has 118 valence electrons. The summed E-state index contributed by atoms with van der Waals surface area (Å²) in [7, 11) is 1.81.